The molecule has 0 aliphatic carbocycles. The second-order valence-electron chi connectivity index (χ2n) is 5.85. The quantitative estimate of drug-likeness (QED) is 0.518. The third kappa shape index (κ3) is 3.40. The second kappa shape index (κ2) is 6.71. The van der Waals surface area contributed by atoms with Crippen molar-refractivity contribution in [1.29, 1.82) is 0 Å². The Morgan fingerprint density at radius 3 is 2.59 bits per heavy atom. The van der Waals surface area contributed by atoms with Crippen LogP contribution in [0.3, 0.4) is 0 Å². The van der Waals surface area contributed by atoms with E-state index in [4.69, 9.17) is 0 Å². The maximum atomic E-state index is 12.7. The van der Waals surface area contributed by atoms with Gasteiger partial charge in [0.05, 0.1) is 21.2 Å². The van der Waals surface area contributed by atoms with Crippen molar-refractivity contribution in [3.63, 3.8) is 0 Å². The predicted octanol–water partition coefficient (Wildman–Crippen LogP) is 3.36. The minimum Gasteiger partial charge on any atom is -0.325 e. The second-order valence-corrected chi connectivity index (χ2v) is 8.60. The van der Waals surface area contributed by atoms with Crippen molar-refractivity contribution in [2.75, 3.05) is 10.5 Å². The molecule has 0 radical (unpaired) electrons. The van der Waals surface area contributed by atoms with Gasteiger partial charge in [0.25, 0.3) is 15.7 Å². The number of hydrogen-bond acceptors (Lipinski definition) is 6. The van der Waals surface area contributed by atoms with Gasteiger partial charge in [-0.15, -0.1) is 0 Å². The summed E-state index contributed by atoms with van der Waals surface area (Å²) in [6, 6.07) is 11.8. The highest BCUT2D eigenvalue weighted by atomic mass is 32.2. The van der Waals surface area contributed by atoms with Gasteiger partial charge in [-0.05, 0) is 18.2 Å². The zero-order valence-corrected chi connectivity index (χ0v) is 15.5. The summed E-state index contributed by atoms with van der Waals surface area (Å²) in [7, 11) is -3.89. The van der Waals surface area contributed by atoms with E-state index in [9.17, 15) is 18.5 Å². The molecule has 3 aromatic rings. The number of benzene rings is 2. The van der Waals surface area contributed by atoms with E-state index in [1.807, 2.05) is 16.8 Å². The number of non-ortho nitro benzene ring substituents is 1. The van der Waals surface area contributed by atoms with E-state index in [1.54, 1.807) is 30.0 Å². The fourth-order valence-corrected chi connectivity index (χ4v) is 4.81. The van der Waals surface area contributed by atoms with Crippen LogP contribution in [0.4, 0.5) is 11.4 Å². The van der Waals surface area contributed by atoms with Crippen molar-refractivity contribution >= 4 is 33.2 Å². The molecule has 27 heavy (non-hydrogen) atoms. The number of imidazole rings is 1. The monoisotopic (exact) mass is 402 g/mol. The van der Waals surface area contributed by atoms with Gasteiger partial charge in [0.2, 0.25) is 0 Å². The zero-order valence-electron chi connectivity index (χ0n) is 13.9. The number of rotatable bonds is 5. The molecule has 2 heterocycles. The number of para-hydroxylation sites is 1. The molecule has 4 rings (SSSR count). The lowest BCUT2D eigenvalue weighted by molar-refractivity contribution is -0.384. The molecule has 1 N–H and O–H groups in total. The lowest BCUT2D eigenvalue weighted by atomic mass is 10.1. The van der Waals surface area contributed by atoms with Crippen LogP contribution in [0.25, 0.3) is 11.3 Å². The first-order valence-corrected chi connectivity index (χ1v) is 10.5. The maximum Gasteiger partial charge on any atom is 0.269 e. The Morgan fingerprint density at radius 2 is 1.89 bits per heavy atom. The van der Waals surface area contributed by atoms with Crippen LogP contribution in [0.2, 0.25) is 0 Å². The first-order valence-electron chi connectivity index (χ1n) is 8.01. The van der Waals surface area contributed by atoms with Gasteiger partial charge < -0.3 is 4.57 Å². The van der Waals surface area contributed by atoms with Crippen molar-refractivity contribution in [3.05, 3.63) is 64.8 Å². The molecule has 2 aromatic carbocycles. The summed E-state index contributed by atoms with van der Waals surface area (Å²) in [6.07, 6.45) is 1.91. The van der Waals surface area contributed by atoms with Crippen LogP contribution in [0.15, 0.2) is 64.8 Å². The van der Waals surface area contributed by atoms with Crippen molar-refractivity contribution < 1.29 is 13.3 Å². The number of fused-ring (bicyclic) bond motifs is 1. The number of thioether (sulfide) groups is 1. The van der Waals surface area contributed by atoms with E-state index in [1.165, 1.54) is 12.1 Å². The molecule has 138 valence electrons. The van der Waals surface area contributed by atoms with Crippen molar-refractivity contribution in [1.82, 2.24) is 9.55 Å². The average Bonchev–Trinajstić information content (AvgIpc) is 3.24. The summed E-state index contributed by atoms with van der Waals surface area (Å²) in [5, 5.41) is 11.7. The predicted molar refractivity (Wildman–Crippen MR) is 102 cm³/mol. The molecule has 1 aliphatic rings. The molecule has 0 saturated carbocycles. The zero-order chi connectivity index (χ0) is 19.0. The molecular weight excluding hydrogens is 388 g/mol. The number of aromatic nitrogens is 2. The summed E-state index contributed by atoms with van der Waals surface area (Å²) >= 11 is 1.66. The highest BCUT2D eigenvalue weighted by Crippen LogP contribution is 2.33. The lowest BCUT2D eigenvalue weighted by Gasteiger charge is -2.11. The summed E-state index contributed by atoms with van der Waals surface area (Å²) in [5.74, 6) is 0.983. The van der Waals surface area contributed by atoms with E-state index >= 15 is 0 Å². The Bertz CT molecular complexity index is 1100. The fourth-order valence-electron chi connectivity index (χ4n) is 2.79. The van der Waals surface area contributed by atoms with E-state index in [0.29, 0.717) is 16.9 Å². The molecular formula is C17H14N4O4S2. The summed E-state index contributed by atoms with van der Waals surface area (Å²) in [4.78, 5) is 14.7. The normalized spacial score (nSPS) is 13.3. The molecule has 0 bridgehead atoms. The third-order valence-electron chi connectivity index (χ3n) is 4.11. The van der Waals surface area contributed by atoms with Gasteiger partial charge in [0.15, 0.2) is 5.16 Å². The van der Waals surface area contributed by atoms with Crippen LogP contribution >= 0.6 is 11.8 Å². The van der Waals surface area contributed by atoms with Crippen molar-refractivity contribution in [2.45, 2.75) is 16.6 Å². The molecule has 1 aliphatic heterocycles. The Hall–Kier alpha value is -2.85. The van der Waals surface area contributed by atoms with Gasteiger partial charge in [0.1, 0.15) is 0 Å². The smallest absolute Gasteiger partial charge is 0.269 e. The first kappa shape index (κ1) is 17.6. The van der Waals surface area contributed by atoms with Crippen LogP contribution in [0.5, 0.6) is 0 Å². The molecule has 0 unspecified atom stereocenters. The van der Waals surface area contributed by atoms with Gasteiger partial charge in [-0.1, -0.05) is 30.0 Å². The largest absolute Gasteiger partial charge is 0.325 e. The Kier molecular flexibility index (Phi) is 4.36. The first-order chi connectivity index (χ1) is 12.9. The Morgan fingerprint density at radius 1 is 1.15 bits per heavy atom. The van der Waals surface area contributed by atoms with E-state index in [0.717, 1.165) is 29.6 Å². The van der Waals surface area contributed by atoms with Crippen LogP contribution in [0.1, 0.15) is 0 Å². The number of aryl methyl sites for hydroxylation is 1. The number of anilines is 1. The van der Waals surface area contributed by atoms with Crippen molar-refractivity contribution in [3.8, 4) is 11.3 Å². The Labute approximate surface area is 159 Å². The van der Waals surface area contributed by atoms with Gasteiger partial charge in [0, 0.05) is 36.2 Å². The van der Waals surface area contributed by atoms with Crippen LogP contribution in [-0.2, 0) is 16.6 Å². The summed E-state index contributed by atoms with van der Waals surface area (Å²) in [5.41, 5.74) is 1.60. The van der Waals surface area contributed by atoms with E-state index in [-0.39, 0.29) is 10.6 Å². The molecule has 0 saturated heterocycles. The summed E-state index contributed by atoms with van der Waals surface area (Å²) in [6.45, 7) is 0.879. The number of nitrogens with zero attached hydrogens (tertiary/aromatic N) is 3. The van der Waals surface area contributed by atoms with Gasteiger partial charge >= 0.3 is 0 Å². The molecule has 0 atom stereocenters. The number of nitrogens with one attached hydrogen (secondary N) is 1. The topological polar surface area (TPSA) is 107 Å². The van der Waals surface area contributed by atoms with Gasteiger partial charge in [-0.2, -0.15) is 0 Å². The molecule has 0 spiro atoms. The number of nitro benzene ring substituents is 1. The highest BCUT2D eigenvalue weighted by molar-refractivity contribution is 7.99. The molecule has 10 heteroatoms. The van der Waals surface area contributed by atoms with Crippen LogP contribution < -0.4 is 4.72 Å². The third-order valence-corrected chi connectivity index (χ3v) is 6.46. The molecule has 1 aromatic heterocycles. The average molecular weight is 402 g/mol. The Balaban J connectivity index is 1.67. The maximum absolute atomic E-state index is 12.7. The fraction of sp³-hybridized carbons (Fsp3) is 0.118. The minimum absolute atomic E-state index is 0.0502. The SMILES string of the molecule is O=[N+]([O-])c1ccc(S(=O)(=O)Nc2ccccc2-c2cn3c(n2)SCC3)cc1. The highest BCUT2D eigenvalue weighted by Gasteiger charge is 2.20. The number of sulfonamides is 1. The summed E-state index contributed by atoms with van der Waals surface area (Å²) < 4.78 is 30.0. The van der Waals surface area contributed by atoms with Gasteiger partial charge in [-0.25, -0.2) is 13.4 Å². The standard InChI is InChI=1S/C17H14N4O4S2/c22-21(23)12-5-7-13(8-6-12)27(24,25)19-15-4-2-1-3-14(15)16-11-20-9-10-26-17(20)18-16/h1-8,11,19H,9-10H2. The molecule has 8 nitrogen and oxygen atoms in total. The van der Waals surface area contributed by atoms with E-state index < -0.39 is 14.9 Å². The van der Waals surface area contributed by atoms with Crippen LogP contribution in [-0.4, -0.2) is 28.6 Å². The van der Waals surface area contributed by atoms with Gasteiger partial charge in [-0.3, -0.25) is 14.8 Å². The lowest BCUT2D eigenvalue weighted by Crippen LogP contribution is -2.13. The van der Waals surface area contributed by atoms with E-state index in [2.05, 4.69) is 9.71 Å². The van der Waals surface area contributed by atoms with Crippen molar-refractivity contribution in [2.24, 2.45) is 0 Å². The van der Waals surface area contributed by atoms with Crippen LogP contribution in [0, 0.1) is 10.1 Å². The number of nitro groups is 1. The molecule has 0 fully saturated rings. The molecule has 0 amide bonds. The number of hydrogen-bond donors (Lipinski definition) is 1. The minimum atomic E-state index is -3.89.